The summed E-state index contributed by atoms with van der Waals surface area (Å²) >= 11 is 3.99. The summed E-state index contributed by atoms with van der Waals surface area (Å²) in [5, 5.41) is 2.42. The van der Waals surface area contributed by atoms with Gasteiger partial charge in [0.25, 0.3) is 0 Å². The van der Waals surface area contributed by atoms with Crippen molar-refractivity contribution in [2.45, 2.75) is 38.0 Å². The number of thiol groups is 1. The molecule has 12 heavy (non-hydrogen) atoms. The van der Waals surface area contributed by atoms with Crippen molar-refractivity contribution in [1.29, 1.82) is 0 Å². The van der Waals surface area contributed by atoms with Gasteiger partial charge < -0.3 is 5.32 Å². The van der Waals surface area contributed by atoms with Gasteiger partial charge in [-0.2, -0.15) is 12.6 Å². The van der Waals surface area contributed by atoms with E-state index in [1.807, 2.05) is 6.92 Å². The first kappa shape index (κ1) is 11.4. The van der Waals surface area contributed by atoms with Gasteiger partial charge in [-0.1, -0.05) is 19.3 Å². The van der Waals surface area contributed by atoms with E-state index in [9.17, 15) is 4.79 Å². The first-order valence-corrected chi connectivity index (χ1v) is 4.58. The summed E-state index contributed by atoms with van der Waals surface area (Å²) in [6, 6.07) is -0.142. The zero-order valence-electron chi connectivity index (χ0n) is 7.50. The molecular weight excluding hydrogens is 170 g/mol. The van der Waals surface area contributed by atoms with Crippen molar-refractivity contribution in [1.82, 2.24) is 5.32 Å². The van der Waals surface area contributed by atoms with Crippen LogP contribution >= 0.6 is 12.6 Å². The fourth-order valence-corrected chi connectivity index (χ4v) is 0.853. The topological polar surface area (TPSA) is 29.1 Å². The standard InChI is InChI=1S/C9H15NOS/c1-4-6-8(5-2)10-9(11)7(3)12/h2,7-8,12H,4,6H2,1,3H3,(H,10,11). The molecule has 0 aliphatic carbocycles. The van der Waals surface area contributed by atoms with Crippen LogP contribution in [0.3, 0.4) is 0 Å². The molecule has 2 unspecified atom stereocenters. The number of terminal acetylenes is 1. The molecule has 0 aliphatic rings. The molecule has 2 atom stereocenters. The normalized spacial score (nSPS) is 14.5. The molecule has 0 aromatic rings. The minimum absolute atomic E-state index is 0.102. The number of hydrogen-bond acceptors (Lipinski definition) is 2. The molecule has 0 saturated heterocycles. The van der Waals surface area contributed by atoms with Gasteiger partial charge in [0.15, 0.2) is 0 Å². The molecular formula is C9H15NOS. The highest BCUT2D eigenvalue weighted by Gasteiger charge is 2.11. The number of hydrogen-bond donors (Lipinski definition) is 2. The van der Waals surface area contributed by atoms with E-state index in [0.717, 1.165) is 12.8 Å². The summed E-state index contributed by atoms with van der Waals surface area (Å²) < 4.78 is 0. The fourth-order valence-electron chi connectivity index (χ4n) is 0.778. The predicted octanol–water partition coefficient (Wildman–Crippen LogP) is 1.22. The third-order valence-corrected chi connectivity index (χ3v) is 1.71. The van der Waals surface area contributed by atoms with Crippen LogP contribution in [0.25, 0.3) is 0 Å². The van der Waals surface area contributed by atoms with Crippen LogP contribution in [0.2, 0.25) is 0 Å². The van der Waals surface area contributed by atoms with Crippen molar-refractivity contribution >= 4 is 18.5 Å². The van der Waals surface area contributed by atoms with Crippen molar-refractivity contribution in [3.8, 4) is 12.3 Å². The first-order valence-electron chi connectivity index (χ1n) is 4.06. The highest BCUT2D eigenvalue weighted by molar-refractivity contribution is 7.81. The summed E-state index contributed by atoms with van der Waals surface area (Å²) in [6.07, 6.45) is 7.01. The third-order valence-electron chi connectivity index (χ3n) is 1.47. The van der Waals surface area contributed by atoms with Crippen molar-refractivity contribution in [3.63, 3.8) is 0 Å². The quantitative estimate of drug-likeness (QED) is 0.500. The molecule has 1 amide bonds. The Bertz CT molecular complexity index is 183. The van der Waals surface area contributed by atoms with E-state index in [4.69, 9.17) is 6.42 Å². The summed E-state index contributed by atoms with van der Waals surface area (Å²) in [6.45, 7) is 3.75. The number of amides is 1. The Labute approximate surface area is 79.5 Å². The number of nitrogens with one attached hydrogen (secondary N) is 1. The minimum atomic E-state index is -0.294. The van der Waals surface area contributed by atoms with Crippen LogP contribution in [-0.4, -0.2) is 17.2 Å². The number of carbonyl (C=O) groups is 1. The molecule has 0 bridgehead atoms. The lowest BCUT2D eigenvalue weighted by atomic mass is 10.2. The van der Waals surface area contributed by atoms with E-state index in [-0.39, 0.29) is 17.2 Å². The molecule has 0 fully saturated rings. The van der Waals surface area contributed by atoms with Gasteiger partial charge in [-0.15, -0.1) is 6.42 Å². The van der Waals surface area contributed by atoms with Gasteiger partial charge >= 0.3 is 0 Å². The van der Waals surface area contributed by atoms with Crippen molar-refractivity contribution < 1.29 is 4.79 Å². The van der Waals surface area contributed by atoms with Gasteiger partial charge in [0.2, 0.25) is 5.91 Å². The van der Waals surface area contributed by atoms with Crippen molar-refractivity contribution in [2.24, 2.45) is 0 Å². The average Bonchev–Trinajstić information content (AvgIpc) is 2.03. The Morgan fingerprint density at radius 1 is 1.75 bits per heavy atom. The van der Waals surface area contributed by atoms with E-state index in [1.54, 1.807) is 6.92 Å². The maximum atomic E-state index is 11.1. The summed E-state index contributed by atoms with van der Waals surface area (Å²) in [5.74, 6) is 2.42. The smallest absolute Gasteiger partial charge is 0.233 e. The highest BCUT2D eigenvalue weighted by Crippen LogP contribution is 1.98. The molecule has 3 heteroatoms. The lowest BCUT2D eigenvalue weighted by molar-refractivity contribution is -0.120. The summed E-state index contributed by atoms with van der Waals surface area (Å²) in [4.78, 5) is 11.1. The van der Waals surface area contributed by atoms with Crippen molar-refractivity contribution in [3.05, 3.63) is 0 Å². The summed E-state index contributed by atoms with van der Waals surface area (Å²) in [7, 11) is 0. The van der Waals surface area contributed by atoms with Crippen LogP contribution in [0, 0.1) is 12.3 Å². The Morgan fingerprint density at radius 3 is 2.67 bits per heavy atom. The second-order valence-corrected chi connectivity index (χ2v) is 3.47. The molecule has 0 aromatic heterocycles. The van der Waals surface area contributed by atoms with E-state index in [1.165, 1.54) is 0 Å². The van der Waals surface area contributed by atoms with Crippen LogP contribution in [-0.2, 0) is 4.79 Å². The molecule has 0 spiro atoms. The van der Waals surface area contributed by atoms with E-state index in [0.29, 0.717) is 0 Å². The first-order chi connectivity index (χ1) is 5.61. The van der Waals surface area contributed by atoms with Gasteiger partial charge in [-0.25, -0.2) is 0 Å². The molecule has 0 saturated carbocycles. The second kappa shape index (κ2) is 5.96. The largest absolute Gasteiger partial charge is 0.342 e. The van der Waals surface area contributed by atoms with Crippen LogP contribution in [0.5, 0.6) is 0 Å². The zero-order chi connectivity index (χ0) is 9.56. The Kier molecular flexibility index (Phi) is 5.65. The Hall–Kier alpha value is -0.620. The molecule has 0 radical (unpaired) electrons. The van der Waals surface area contributed by atoms with Gasteiger partial charge in [0.05, 0.1) is 11.3 Å². The maximum absolute atomic E-state index is 11.1. The lowest BCUT2D eigenvalue weighted by Crippen LogP contribution is -2.37. The second-order valence-electron chi connectivity index (χ2n) is 2.69. The van der Waals surface area contributed by atoms with Gasteiger partial charge in [0.1, 0.15) is 0 Å². The fraction of sp³-hybridized carbons (Fsp3) is 0.667. The molecule has 2 nitrogen and oxygen atoms in total. The molecule has 0 aromatic carbocycles. The summed E-state index contributed by atoms with van der Waals surface area (Å²) in [5.41, 5.74) is 0. The molecule has 0 rings (SSSR count). The Balaban J connectivity index is 3.88. The monoisotopic (exact) mass is 185 g/mol. The molecule has 1 N–H and O–H groups in total. The van der Waals surface area contributed by atoms with E-state index in [2.05, 4.69) is 23.9 Å². The average molecular weight is 185 g/mol. The Morgan fingerprint density at radius 2 is 2.33 bits per heavy atom. The van der Waals surface area contributed by atoms with Gasteiger partial charge in [-0.05, 0) is 13.3 Å². The van der Waals surface area contributed by atoms with E-state index >= 15 is 0 Å². The minimum Gasteiger partial charge on any atom is -0.342 e. The SMILES string of the molecule is C#CC(CCC)NC(=O)C(C)S. The highest BCUT2D eigenvalue weighted by atomic mass is 32.1. The third kappa shape index (κ3) is 4.30. The predicted molar refractivity (Wildman–Crippen MR) is 54.1 cm³/mol. The molecule has 0 aliphatic heterocycles. The lowest BCUT2D eigenvalue weighted by Gasteiger charge is -2.13. The number of carbonyl (C=O) groups excluding carboxylic acids is 1. The zero-order valence-corrected chi connectivity index (χ0v) is 8.40. The van der Waals surface area contributed by atoms with E-state index < -0.39 is 0 Å². The van der Waals surface area contributed by atoms with Crippen LogP contribution in [0.4, 0.5) is 0 Å². The molecule has 68 valence electrons. The van der Waals surface area contributed by atoms with Crippen LogP contribution < -0.4 is 5.32 Å². The maximum Gasteiger partial charge on any atom is 0.233 e. The van der Waals surface area contributed by atoms with Crippen LogP contribution in [0.15, 0.2) is 0 Å². The molecule has 0 heterocycles. The number of rotatable bonds is 4. The van der Waals surface area contributed by atoms with Crippen molar-refractivity contribution in [2.75, 3.05) is 0 Å². The van der Waals surface area contributed by atoms with Gasteiger partial charge in [-0.3, -0.25) is 4.79 Å². The van der Waals surface area contributed by atoms with Gasteiger partial charge in [0, 0.05) is 0 Å². The van der Waals surface area contributed by atoms with Crippen LogP contribution in [0.1, 0.15) is 26.7 Å².